The Labute approximate surface area is 202 Å². The fraction of sp³-hybridized carbons (Fsp3) is 0.762. The second kappa shape index (κ2) is 15.4. The highest BCUT2D eigenvalue weighted by Gasteiger charge is 2.23. The lowest BCUT2D eigenvalue weighted by Gasteiger charge is -2.33. The largest absolute Gasteiger partial charge is 0.381 e. The third kappa shape index (κ3) is 8.96. The SMILES string of the molecule is CCNC(=NCC(c1cccs1)N1CCOCC1)NCCCOCC1CCOC1.I. The molecule has 0 bridgehead atoms. The van der Waals surface area contributed by atoms with E-state index < -0.39 is 0 Å². The van der Waals surface area contributed by atoms with Gasteiger partial charge in [0.05, 0.1) is 39.0 Å². The lowest BCUT2D eigenvalue weighted by molar-refractivity contribution is 0.0186. The Morgan fingerprint density at radius 3 is 2.87 bits per heavy atom. The first-order valence-corrected chi connectivity index (χ1v) is 11.8. The molecule has 30 heavy (non-hydrogen) atoms. The van der Waals surface area contributed by atoms with Crippen molar-refractivity contribution in [1.82, 2.24) is 15.5 Å². The van der Waals surface area contributed by atoms with Crippen molar-refractivity contribution < 1.29 is 14.2 Å². The minimum atomic E-state index is 0. The van der Waals surface area contributed by atoms with Crippen LogP contribution in [-0.2, 0) is 14.2 Å². The fourth-order valence-corrected chi connectivity index (χ4v) is 4.47. The van der Waals surface area contributed by atoms with E-state index >= 15 is 0 Å². The zero-order valence-electron chi connectivity index (χ0n) is 18.0. The van der Waals surface area contributed by atoms with E-state index in [1.54, 1.807) is 0 Å². The molecule has 2 fully saturated rings. The Morgan fingerprint density at radius 2 is 2.17 bits per heavy atom. The van der Waals surface area contributed by atoms with E-state index in [2.05, 4.69) is 40.0 Å². The quantitative estimate of drug-likeness (QED) is 0.191. The van der Waals surface area contributed by atoms with Crippen molar-refractivity contribution in [1.29, 1.82) is 0 Å². The molecule has 0 spiro atoms. The molecule has 1 aromatic rings. The summed E-state index contributed by atoms with van der Waals surface area (Å²) in [4.78, 5) is 8.75. The number of guanidine groups is 1. The number of hydrogen-bond donors (Lipinski definition) is 2. The molecule has 0 radical (unpaired) electrons. The summed E-state index contributed by atoms with van der Waals surface area (Å²) < 4.78 is 16.7. The first-order valence-electron chi connectivity index (χ1n) is 10.9. The highest BCUT2D eigenvalue weighted by Crippen LogP contribution is 2.26. The van der Waals surface area contributed by atoms with E-state index in [4.69, 9.17) is 19.2 Å². The molecule has 0 aliphatic carbocycles. The summed E-state index contributed by atoms with van der Waals surface area (Å²) in [5.74, 6) is 1.46. The maximum Gasteiger partial charge on any atom is 0.191 e. The molecule has 3 rings (SSSR count). The van der Waals surface area contributed by atoms with Crippen LogP contribution in [0.4, 0.5) is 0 Å². The normalized spacial score (nSPS) is 21.2. The van der Waals surface area contributed by atoms with Gasteiger partial charge in [-0.1, -0.05) is 6.07 Å². The maximum absolute atomic E-state index is 5.79. The number of hydrogen-bond acceptors (Lipinski definition) is 6. The molecule has 172 valence electrons. The number of nitrogens with zero attached hydrogens (tertiary/aromatic N) is 2. The van der Waals surface area contributed by atoms with Gasteiger partial charge in [-0.25, -0.2) is 0 Å². The summed E-state index contributed by atoms with van der Waals surface area (Å²) in [6, 6.07) is 4.65. The van der Waals surface area contributed by atoms with E-state index in [1.807, 2.05) is 11.3 Å². The van der Waals surface area contributed by atoms with Crippen LogP contribution in [-0.4, -0.2) is 83.2 Å². The monoisotopic (exact) mass is 552 g/mol. The molecule has 7 nitrogen and oxygen atoms in total. The molecule has 2 aliphatic rings. The van der Waals surface area contributed by atoms with Crippen molar-refractivity contribution in [3.05, 3.63) is 22.4 Å². The lowest BCUT2D eigenvalue weighted by atomic mass is 10.1. The average molecular weight is 553 g/mol. The zero-order valence-corrected chi connectivity index (χ0v) is 21.2. The van der Waals surface area contributed by atoms with Crippen LogP contribution in [0.1, 0.15) is 30.7 Å². The number of morpholine rings is 1. The van der Waals surface area contributed by atoms with Gasteiger partial charge in [0.1, 0.15) is 0 Å². The van der Waals surface area contributed by atoms with Crippen LogP contribution in [0.2, 0.25) is 0 Å². The number of rotatable bonds is 11. The fourth-order valence-electron chi connectivity index (χ4n) is 3.62. The van der Waals surface area contributed by atoms with Crippen molar-refractivity contribution in [3.63, 3.8) is 0 Å². The smallest absolute Gasteiger partial charge is 0.191 e. The van der Waals surface area contributed by atoms with Crippen LogP contribution in [0.5, 0.6) is 0 Å². The van der Waals surface area contributed by atoms with Gasteiger partial charge in [-0.15, -0.1) is 35.3 Å². The third-order valence-electron chi connectivity index (χ3n) is 5.26. The van der Waals surface area contributed by atoms with Gasteiger partial charge >= 0.3 is 0 Å². The van der Waals surface area contributed by atoms with Crippen LogP contribution in [0.15, 0.2) is 22.5 Å². The highest BCUT2D eigenvalue weighted by molar-refractivity contribution is 14.0. The number of halogens is 1. The molecule has 0 aromatic carbocycles. The summed E-state index contributed by atoms with van der Waals surface area (Å²) >= 11 is 1.81. The molecule has 3 heterocycles. The minimum absolute atomic E-state index is 0. The van der Waals surface area contributed by atoms with Crippen LogP contribution in [0.25, 0.3) is 0 Å². The lowest BCUT2D eigenvalue weighted by Crippen LogP contribution is -2.41. The van der Waals surface area contributed by atoms with Crippen molar-refractivity contribution in [2.24, 2.45) is 10.9 Å². The first-order chi connectivity index (χ1) is 14.4. The summed E-state index contributed by atoms with van der Waals surface area (Å²) in [5, 5.41) is 8.96. The van der Waals surface area contributed by atoms with Crippen molar-refractivity contribution in [2.45, 2.75) is 25.8 Å². The van der Waals surface area contributed by atoms with Gasteiger partial charge in [0.25, 0.3) is 0 Å². The van der Waals surface area contributed by atoms with E-state index in [9.17, 15) is 0 Å². The summed E-state index contributed by atoms with van der Waals surface area (Å²) in [6.07, 6.45) is 2.10. The Balaban J connectivity index is 0.00000320. The Morgan fingerprint density at radius 1 is 1.30 bits per heavy atom. The van der Waals surface area contributed by atoms with E-state index in [-0.39, 0.29) is 24.0 Å². The molecule has 9 heteroatoms. The van der Waals surface area contributed by atoms with Crippen LogP contribution >= 0.6 is 35.3 Å². The molecule has 2 N–H and O–H groups in total. The number of nitrogens with one attached hydrogen (secondary N) is 2. The van der Waals surface area contributed by atoms with Gasteiger partial charge in [-0.3, -0.25) is 9.89 Å². The van der Waals surface area contributed by atoms with Gasteiger partial charge in [0, 0.05) is 50.2 Å². The molecule has 2 unspecified atom stereocenters. The minimum Gasteiger partial charge on any atom is -0.381 e. The van der Waals surface area contributed by atoms with Crippen LogP contribution in [0.3, 0.4) is 0 Å². The highest BCUT2D eigenvalue weighted by atomic mass is 127. The molecule has 0 saturated carbocycles. The van der Waals surface area contributed by atoms with Gasteiger partial charge in [0.15, 0.2) is 5.96 Å². The zero-order chi connectivity index (χ0) is 20.2. The molecule has 2 aliphatic heterocycles. The third-order valence-corrected chi connectivity index (χ3v) is 6.23. The second-order valence-corrected chi connectivity index (χ2v) is 8.46. The Kier molecular flexibility index (Phi) is 13.2. The van der Waals surface area contributed by atoms with E-state index in [0.29, 0.717) is 12.0 Å². The van der Waals surface area contributed by atoms with E-state index in [1.165, 1.54) is 4.88 Å². The van der Waals surface area contributed by atoms with Crippen LogP contribution in [0, 0.1) is 5.92 Å². The topological polar surface area (TPSA) is 67.4 Å². The summed E-state index contributed by atoms with van der Waals surface area (Å²) in [5.41, 5.74) is 0. The molecular weight excluding hydrogens is 515 g/mol. The summed E-state index contributed by atoms with van der Waals surface area (Å²) in [6.45, 7) is 11.4. The Hall–Kier alpha value is -0.460. The van der Waals surface area contributed by atoms with Crippen molar-refractivity contribution >= 4 is 41.3 Å². The van der Waals surface area contributed by atoms with Gasteiger partial charge in [-0.2, -0.15) is 0 Å². The van der Waals surface area contributed by atoms with E-state index in [0.717, 1.165) is 91.2 Å². The van der Waals surface area contributed by atoms with Crippen LogP contribution < -0.4 is 10.6 Å². The maximum atomic E-state index is 5.79. The molecule has 2 atom stereocenters. The average Bonchev–Trinajstić information content (AvgIpc) is 3.46. The first kappa shape index (κ1) is 25.8. The standard InChI is InChI=1S/C21H36N4O3S.HI/c1-2-22-21(23-7-4-10-27-16-18-6-11-28-17-18)24-15-19(20-5-3-14-29-20)25-8-12-26-13-9-25;/h3,5,14,18-19H,2,4,6-13,15-17H2,1H3,(H2,22,23,24);1H. The number of ether oxygens (including phenoxy) is 3. The predicted molar refractivity (Wildman–Crippen MR) is 133 cm³/mol. The molecular formula is C21H37IN4O3S. The van der Waals surface area contributed by atoms with Gasteiger partial charge in [-0.05, 0) is 31.2 Å². The number of aliphatic imine (C=N–C) groups is 1. The van der Waals surface area contributed by atoms with Gasteiger partial charge in [0.2, 0.25) is 0 Å². The van der Waals surface area contributed by atoms with Crippen molar-refractivity contribution in [3.8, 4) is 0 Å². The molecule has 2 saturated heterocycles. The summed E-state index contributed by atoms with van der Waals surface area (Å²) in [7, 11) is 0. The Bertz CT molecular complexity index is 579. The second-order valence-electron chi connectivity index (χ2n) is 7.48. The predicted octanol–water partition coefficient (Wildman–Crippen LogP) is 2.74. The molecule has 1 aromatic heterocycles. The van der Waals surface area contributed by atoms with Crippen molar-refractivity contribution in [2.75, 3.05) is 72.4 Å². The van der Waals surface area contributed by atoms with Gasteiger partial charge < -0.3 is 24.8 Å². The molecule has 0 amide bonds. The number of thiophene rings is 1.